The molecule has 0 aliphatic carbocycles. The molecule has 0 unspecified atom stereocenters. The predicted octanol–water partition coefficient (Wildman–Crippen LogP) is 3.72. The van der Waals surface area contributed by atoms with Gasteiger partial charge in [0.2, 0.25) is 0 Å². The van der Waals surface area contributed by atoms with Gasteiger partial charge in [-0.2, -0.15) is 5.10 Å². The van der Waals surface area contributed by atoms with E-state index >= 15 is 0 Å². The number of aryl methyl sites for hydroxylation is 1. The van der Waals surface area contributed by atoms with Crippen molar-refractivity contribution in [1.29, 1.82) is 0 Å². The summed E-state index contributed by atoms with van der Waals surface area (Å²) in [6, 6.07) is 5.74. The van der Waals surface area contributed by atoms with Crippen molar-refractivity contribution < 1.29 is 0 Å². The summed E-state index contributed by atoms with van der Waals surface area (Å²) in [7, 11) is 0. The van der Waals surface area contributed by atoms with Gasteiger partial charge in [0.1, 0.15) is 12.2 Å². The van der Waals surface area contributed by atoms with Crippen LogP contribution in [-0.2, 0) is 13.1 Å². The van der Waals surface area contributed by atoms with Crippen molar-refractivity contribution in [3.63, 3.8) is 0 Å². The maximum Gasteiger partial charge on any atom is 0.146 e. The Hall–Kier alpha value is -1.07. The van der Waals surface area contributed by atoms with Gasteiger partial charge in [0.15, 0.2) is 0 Å². The Morgan fingerprint density at radius 1 is 1.44 bits per heavy atom. The van der Waals surface area contributed by atoms with Gasteiger partial charge in [-0.05, 0) is 40.5 Å². The van der Waals surface area contributed by atoms with Gasteiger partial charge < -0.3 is 5.32 Å². The Morgan fingerprint density at radius 2 is 2.28 bits per heavy atom. The van der Waals surface area contributed by atoms with E-state index in [2.05, 4.69) is 38.3 Å². The van der Waals surface area contributed by atoms with Crippen molar-refractivity contribution in [2.75, 3.05) is 5.32 Å². The van der Waals surface area contributed by atoms with E-state index in [1.165, 1.54) is 0 Å². The van der Waals surface area contributed by atoms with Crippen LogP contribution in [0.25, 0.3) is 0 Å². The van der Waals surface area contributed by atoms with Gasteiger partial charge in [0, 0.05) is 16.7 Å². The van der Waals surface area contributed by atoms with Gasteiger partial charge in [0.05, 0.1) is 11.6 Å². The van der Waals surface area contributed by atoms with E-state index in [0.717, 1.165) is 29.0 Å². The molecule has 0 spiro atoms. The molecular formula is C12H14BrClN4. The average molecular weight is 330 g/mol. The molecule has 0 aliphatic rings. The van der Waals surface area contributed by atoms with E-state index in [1.54, 1.807) is 6.33 Å². The van der Waals surface area contributed by atoms with Crippen molar-refractivity contribution in [1.82, 2.24) is 14.8 Å². The maximum absolute atomic E-state index is 5.95. The van der Waals surface area contributed by atoms with Crippen molar-refractivity contribution >= 4 is 33.2 Å². The molecule has 1 aromatic carbocycles. The summed E-state index contributed by atoms with van der Waals surface area (Å²) in [6.45, 7) is 3.66. The monoisotopic (exact) mass is 328 g/mol. The van der Waals surface area contributed by atoms with Crippen LogP contribution < -0.4 is 5.32 Å². The fraction of sp³-hybridized carbons (Fsp3) is 0.333. The molecule has 1 aromatic heterocycles. The number of benzene rings is 1. The Balaban J connectivity index is 2.02. The van der Waals surface area contributed by atoms with Gasteiger partial charge in [0.25, 0.3) is 0 Å². The lowest BCUT2D eigenvalue weighted by molar-refractivity contribution is 0.574. The molecule has 0 amide bonds. The maximum atomic E-state index is 5.95. The van der Waals surface area contributed by atoms with E-state index in [-0.39, 0.29) is 0 Å². The third kappa shape index (κ3) is 3.23. The summed E-state index contributed by atoms with van der Waals surface area (Å²) in [4.78, 5) is 4.24. The van der Waals surface area contributed by atoms with Gasteiger partial charge in [-0.1, -0.05) is 18.5 Å². The molecule has 18 heavy (non-hydrogen) atoms. The average Bonchev–Trinajstić information content (AvgIpc) is 2.79. The van der Waals surface area contributed by atoms with Crippen LogP contribution in [0.4, 0.5) is 5.69 Å². The Bertz CT molecular complexity index is 527. The zero-order valence-corrected chi connectivity index (χ0v) is 12.4. The molecule has 1 heterocycles. The highest BCUT2D eigenvalue weighted by Crippen LogP contribution is 2.25. The van der Waals surface area contributed by atoms with Crippen LogP contribution in [-0.4, -0.2) is 14.8 Å². The molecule has 96 valence electrons. The number of rotatable bonds is 5. The van der Waals surface area contributed by atoms with Crippen molar-refractivity contribution in [3.8, 4) is 0 Å². The molecule has 2 rings (SSSR count). The molecule has 0 bridgehead atoms. The first-order valence-corrected chi connectivity index (χ1v) is 6.93. The Labute approximate surface area is 119 Å². The fourth-order valence-electron chi connectivity index (χ4n) is 1.61. The lowest BCUT2D eigenvalue weighted by Crippen LogP contribution is -2.10. The normalized spacial score (nSPS) is 10.6. The molecule has 0 aliphatic heterocycles. The zero-order chi connectivity index (χ0) is 13.0. The van der Waals surface area contributed by atoms with Crippen molar-refractivity contribution in [3.05, 3.63) is 39.8 Å². The smallest absolute Gasteiger partial charge is 0.146 e. The lowest BCUT2D eigenvalue weighted by atomic mass is 10.3. The molecule has 0 radical (unpaired) electrons. The second-order valence-corrected chi connectivity index (χ2v) is 5.14. The lowest BCUT2D eigenvalue weighted by Gasteiger charge is -2.08. The SMILES string of the molecule is CCCn1ncnc1CNc1ccc(Cl)c(Br)c1. The van der Waals surface area contributed by atoms with Crippen molar-refractivity contribution in [2.24, 2.45) is 0 Å². The topological polar surface area (TPSA) is 42.7 Å². The van der Waals surface area contributed by atoms with Gasteiger partial charge >= 0.3 is 0 Å². The minimum absolute atomic E-state index is 0.647. The minimum atomic E-state index is 0.647. The van der Waals surface area contributed by atoms with Gasteiger partial charge in [-0.3, -0.25) is 0 Å². The molecule has 1 N–H and O–H groups in total. The summed E-state index contributed by atoms with van der Waals surface area (Å²) in [5.41, 5.74) is 0.998. The van der Waals surface area contributed by atoms with E-state index in [1.807, 2.05) is 22.9 Å². The molecule has 0 saturated heterocycles. The third-order valence-corrected chi connectivity index (χ3v) is 3.72. The zero-order valence-electron chi connectivity index (χ0n) is 10.0. The molecule has 0 fully saturated rings. The number of anilines is 1. The van der Waals surface area contributed by atoms with Crippen LogP contribution in [0, 0.1) is 0 Å². The Kier molecular flexibility index (Phi) is 4.60. The predicted molar refractivity (Wildman–Crippen MR) is 76.8 cm³/mol. The standard InChI is InChI=1S/C12H14BrClN4/c1-2-5-18-12(16-8-17-18)7-15-9-3-4-11(14)10(13)6-9/h3-4,6,8,15H,2,5,7H2,1H3. The van der Waals surface area contributed by atoms with Crippen LogP contribution in [0.5, 0.6) is 0 Å². The molecule has 4 nitrogen and oxygen atoms in total. The number of aromatic nitrogens is 3. The van der Waals surface area contributed by atoms with Crippen LogP contribution in [0.15, 0.2) is 29.0 Å². The summed E-state index contributed by atoms with van der Waals surface area (Å²) in [5.74, 6) is 0.933. The highest BCUT2D eigenvalue weighted by atomic mass is 79.9. The van der Waals surface area contributed by atoms with E-state index in [0.29, 0.717) is 11.6 Å². The largest absolute Gasteiger partial charge is 0.378 e. The quantitative estimate of drug-likeness (QED) is 0.909. The van der Waals surface area contributed by atoms with E-state index in [9.17, 15) is 0 Å². The van der Waals surface area contributed by atoms with E-state index < -0.39 is 0 Å². The number of hydrogen-bond acceptors (Lipinski definition) is 3. The first-order chi connectivity index (χ1) is 8.70. The summed E-state index contributed by atoms with van der Waals surface area (Å²) in [5, 5.41) is 8.19. The number of halogens is 2. The second-order valence-electron chi connectivity index (χ2n) is 3.88. The van der Waals surface area contributed by atoms with Gasteiger partial charge in [-0.25, -0.2) is 9.67 Å². The number of hydrogen-bond donors (Lipinski definition) is 1. The molecule has 0 saturated carbocycles. The van der Waals surface area contributed by atoms with E-state index in [4.69, 9.17) is 11.6 Å². The minimum Gasteiger partial charge on any atom is -0.378 e. The molecule has 6 heteroatoms. The van der Waals surface area contributed by atoms with Crippen LogP contribution >= 0.6 is 27.5 Å². The Morgan fingerprint density at radius 3 is 3.00 bits per heavy atom. The summed E-state index contributed by atoms with van der Waals surface area (Å²) < 4.78 is 2.79. The number of nitrogens with one attached hydrogen (secondary N) is 1. The first kappa shape index (κ1) is 13.4. The number of nitrogens with zero attached hydrogens (tertiary/aromatic N) is 3. The molecular weight excluding hydrogens is 316 g/mol. The fourth-order valence-corrected chi connectivity index (χ4v) is 2.11. The van der Waals surface area contributed by atoms with Crippen LogP contribution in [0.1, 0.15) is 19.2 Å². The molecule has 2 aromatic rings. The van der Waals surface area contributed by atoms with Crippen LogP contribution in [0.3, 0.4) is 0 Å². The second kappa shape index (κ2) is 6.20. The van der Waals surface area contributed by atoms with Crippen LogP contribution in [0.2, 0.25) is 5.02 Å². The van der Waals surface area contributed by atoms with Gasteiger partial charge in [-0.15, -0.1) is 0 Å². The third-order valence-electron chi connectivity index (χ3n) is 2.50. The molecule has 0 atom stereocenters. The first-order valence-electron chi connectivity index (χ1n) is 5.76. The summed E-state index contributed by atoms with van der Waals surface area (Å²) >= 11 is 9.34. The van der Waals surface area contributed by atoms with Crippen molar-refractivity contribution in [2.45, 2.75) is 26.4 Å². The highest BCUT2D eigenvalue weighted by Gasteiger charge is 2.04. The summed E-state index contributed by atoms with van der Waals surface area (Å²) in [6.07, 6.45) is 2.63. The highest BCUT2D eigenvalue weighted by molar-refractivity contribution is 9.10.